The van der Waals surface area contributed by atoms with E-state index in [1.54, 1.807) is 12.1 Å². The first-order valence-electron chi connectivity index (χ1n) is 13.2. The molecule has 5 rings (SSSR count). The number of likely N-dealkylation sites (tertiary alicyclic amines) is 1. The predicted molar refractivity (Wildman–Crippen MR) is 153 cm³/mol. The highest BCUT2D eigenvalue weighted by Gasteiger charge is 2.24. The van der Waals surface area contributed by atoms with E-state index in [0.717, 1.165) is 55.8 Å². The van der Waals surface area contributed by atoms with Crippen LogP contribution in [0.5, 0.6) is 11.5 Å². The molecular formula is C32H35NO3S. The molecule has 0 atom stereocenters. The first kappa shape index (κ1) is 25.5. The number of aromatic hydroxyl groups is 1. The number of aryl methyl sites for hydroxylation is 3. The van der Waals surface area contributed by atoms with Crippen molar-refractivity contribution in [2.75, 3.05) is 26.2 Å². The maximum atomic E-state index is 13.9. The predicted octanol–water partition coefficient (Wildman–Crippen LogP) is 7.68. The van der Waals surface area contributed by atoms with Gasteiger partial charge in [-0.1, -0.05) is 42.7 Å². The number of ether oxygens (including phenoxy) is 1. The Balaban J connectivity index is 1.44. The van der Waals surface area contributed by atoms with Crippen LogP contribution in [-0.2, 0) is 0 Å². The number of rotatable bonds is 7. The minimum absolute atomic E-state index is 0.0310. The van der Waals surface area contributed by atoms with E-state index in [1.165, 1.54) is 50.1 Å². The number of phenolic OH excluding ortho intramolecular Hbond substituents is 1. The Kier molecular flexibility index (Phi) is 7.63. The summed E-state index contributed by atoms with van der Waals surface area (Å²) in [5.41, 5.74) is 5.78. The van der Waals surface area contributed by atoms with Gasteiger partial charge in [0.25, 0.3) is 0 Å². The molecule has 192 valence electrons. The zero-order chi connectivity index (χ0) is 25.9. The van der Waals surface area contributed by atoms with Crippen LogP contribution in [0.4, 0.5) is 0 Å². The molecule has 0 radical (unpaired) electrons. The van der Waals surface area contributed by atoms with E-state index < -0.39 is 0 Å². The Bertz CT molecular complexity index is 1390. The third kappa shape index (κ3) is 5.58. The number of nitrogens with zero attached hydrogens (tertiary/aromatic N) is 1. The summed E-state index contributed by atoms with van der Waals surface area (Å²) < 4.78 is 6.98. The van der Waals surface area contributed by atoms with Gasteiger partial charge in [0.05, 0.1) is 4.88 Å². The summed E-state index contributed by atoms with van der Waals surface area (Å²) in [5, 5.41) is 11.1. The third-order valence-corrected chi connectivity index (χ3v) is 8.45. The zero-order valence-electron chi connectivity index (χ0n) is 22.0. The number of fused-ring (bicyclic) bond motifs is 1. The second kappa shape index (κ2) is 11.1. The number of phenols is 1. The number of benzene rings is 3. The molecule has 0 amide bonds. The number of thiophene rings is 1. The summed E-state index contributed by atoms with van der Waals surface area (Å²) in [5.74, 6) is 1.08. The Morgan fingerprint density at radius 1 is 0.919 bits per heavy atom. The fourth-order valence-electron chi connectivity index (χ4n) is 5.55. The van der Waals surface area contributed by atoms with Gasteiger partial charge < -0.3 is 9.84 Å². The third-order valence-electron chi connectivity index (χ3n) is 7.30. The Morgan fingerprint density at radius 3 is 2.27 bits per heavy atom. The largest absolute Gasteiger partial charge is 0.508 e. The van der Waals surface area contributed by atoms with E-state index >= 15 is 0 Å². The average Bonchev–Trinajstić information content (AvgIpc) is 3.03. The molecule has 0 bridgehead atoms. The zero-order valence-corrected chi connectivity index (χ0v) is 22.8. The minimum Gasteiger partial charge on any atom is -0.508 e. The molecule has 1 aromatic heterocycles. The van der Waals surface area contributed by atoms with E-state index in [9.17, 15) is 9.90 Å². The van der Waals surface area contributed by atoms with Gasteiger partial charge in [-0.2, -0.15) is 0 Å². The van der Waals surface area contributed by atoms with E-state index in [1.807, 2.05) is 44.2 Å². The number of hydrogen-bond donors (Lipinski definition) is 1. The molecule has 0 unspecified atom stereocenters. The highest BCUT2D eigenvalue weighted by molar-refractivity contribution is 7.21. The molecule has 3 aromatic carbocycles. The lowest BCUT2D eigenvalue weighted by Gasteiger charge is -2.19. The van der Waals surface area contributed by atoms with Crippen LogP contribution in [0.3, 0.4) is 0 Å². The molecule has 4 aromatic rings. The Hall–Kier alpha value is -3.15. The van der Waals surface area contributed by atoms with E-state index in [2.05, 4.69) is 24.0 Å². The fourth-order valence-corrected chi connectivity index (χ4v) is 6.76. The van der Waals surface area contributed by atoms with Gasteiger partial charge in [-0.3, -0.25) is 9.69 Å². The van der Waals surface area contributed by atoms with E-state index in [-0.39, 0.29) is 11.5 Å². The monoisotopic (exact) mass is 513 g/mol. The maximum absolute atomic E-state index is 13.9. The highest BCUT2D eigenvalue weighted by Crippen LogP contribution is 2.42. The molecule has 1 N–H and O–H groups in total. The minimum atomic E-state index is 0.0310. The van der Waals surface area contributed by atoms with Gasteiger partial charge in [0.1, 0.15) is 18.1 Å². The molecule has 1 fully saturated rings. The molecule has 1 aliphatic rings. The standard InChI is InChI=1S/C32H35NO3S/c1-21-18-22(2)29(23(3)19-21)31(35)32-30(27-13-10-25(34)20-28(27)37-32)24-8-11-26(12-9-24)36-17-16-33-14-6-4-5-7-15-33/h8-13,18-20,34H,4-7,14-17H2,1-3H3. The van der Waals surface area contributed by atoms with Crippen LogP contribution in [0.1, 0.15) is 57.6 Å². The van der Waals surface area contributed by atoms with Crippen LogP contribution in [0.2, 0.25) is 0 Å². The van der Waals surface area contributed by atoms with Crippen LogP contribution in [0.25, 0.3) is 21.2 Å². The highest BCUT2D eigenvalue weighted by atomic mass is 32.1. The summed E-state index contributed by atoms with van der Waals surface area (Å²) in [7, 11) is 0. The summed E-state index contributed by atoms with van der Waals surface area (Å²) in [6.07, 6.45) is 5.24. The normalized spacial score (nSPS) is 14.6. The second-order valence-electron chi connectivity index (χ2n) is 10.2. The lowest BCUT2D eigenvalue weighted by atomic mass is 9.92. The van der Waals surface area contributed by atoms with Gasteiger partial charge >= 0.3 is 0 Å². The van der Waals surface area contributed by atoms with Gasteiger partial charge in [-0.25, -0.2) is 0 Å². The average molecular weight is 514 g/mol. The molecule has 0 aliphatic carbocycles. The Labute approximate surface area is 223 Å². The van der Waals surface area contributed by atoms with Gasteiger partial charge in [0.15, 0.2) is 0 Å². The molecule has 0 spiro atoms. The molecule has 37 heavy (non-hydrogen) atoms. The number of carbonyl (C=O) groups excluding carboxylic acids is 1. The van der Waals surface area contributed by atoms with Crippen molar-refractivity contribution in [1.29, 1.82) is 0 Å². The first-order valence-corrected chi connectivity index (χ1v) is 14.1. The van der Waals surface area contributed by atoms with Gasteiger partial charge in [0, 0.05) is 27.8 Å². The molecule has 2 heterocycles. The molecule has 5 heteroatoms. The van der Waals surface area contributed by atoms with Gasteiger partial charge in [0.2, 0.25) is 5.78 Å². The fraction of sp³-hybridized carbons (Fsp3) is 0.344. The molecule has 0 saturated carbocycles. The van der Waals surface area contributed by atoms with Crippen LogP contribution in [0.15, 0.2) is 54.6 Å². The van der Waals surface area contributed by atoms with Gasteiger partial charge in [-0.05, 0) is 93.7 Å². The molecule has 4 nitrogen and oxygen atoms in total. The first-order chi connectivity index (χ1) is 17.9. The maximum Gasteiger partial charge on any atom is 0.204 e. The second-order valence-corrected chi connectivity index (χ2v) is 11.3. The Morgan fingerprint density at radius 2 is 1.59 bits per heavy atom. The van der Waals surface area contributed by atoms with E-state index in [4.69, 9.17) is 4.74 Å². The lowest BCUT2D eigenvalue weighted by molar-refractivity contribution is 0.104. The summed E-state index contributed by atoms with van der Waals surface area (Å²) in [6.45, 7) is 10.0. The van der Waals surface area contributed by atoms with Crippen LogP contribution in [-0.4, -0.2) is 42.0 Å². The smallest absolute Gasteiger partial charge is 0.204 e. The van der Waals surface area contributed by atoms with Crippen molar-refractivity contribution in [3.8, 4) is 22.6 Å². The number of ketones is 1. The van der Waals surface area contributed by atoms with Crippen molar-refractivity contribution in [3.05, 3.63) is 81.7 Å². The van der Waals surface area contributed by atoms with Crippen molar-refractivity contribution < 1.29 is 14.6 Å². The molecule has 1 saturated heterocycles. The summed E-state index contributed by atoms with van der Waals surface area (Å²) in [6, 6.07) is 17.6. The van der Waals surface area contributed by atoms with Crippen LogP contribution in [0, 0.1) is 20.8 Å². The molecule has 1 aliphatic heterocycles. The van der Waals surface area contributed by atoms with Crippen molar-refractivity contribution >= 4 is 27.2 Å². The van der Waals surface area contributed by atoms with Crippen LogP contribution < -0.4 is 4.74 Å². The quantitative estimate of drug-likeness (QED) is 0.257. The van der Waals surface area contributed by atoms with E-state index in [0.29, 0.717) is 11.5 Å². The number of hydrogen-bond acceptors (Lipinski definition) is 5. The lowest BCUT2D eigenvalue weighted by Crippen LogP contribution is -2.29. The molecular weight excluding hydrogens is 478 g/mol. The SMILES string of the molecule is Cc1cc(C)c(C(=O)c2sc3cc(O)ccc3c2-c2ccc(OCCN3CCCCCC3)cc2)c(C)c1. The van der Waals surface area contributed by atoms with Crippen molar-refractivity contribution in [2.45, 2.75) is 46.5 Å². The van der Waals surface area contributed by atoms with Crippen molar-refractivity contribution in [2.24, 2.45) is 0 Å². The summed E-state index contributed by atoms with van der Waals surface area (Å²) in [4.78, 5) is 17.2. The summed E-state index contributed by atoms with van der Waals surface area (Å²) >= 11 is 1.45. The topological polar surface area (TPSA) is 49.8 Å². The van der Waals surface area contributed by atoms with Crippen molar-refractivity contribution in [1.82, 2.24) is 4.90 Å². The van der Waals surface area contributed by atoms with Crippen molar-refractivity contribution in [3.63, 3.8) is 0 Å². The number of carbonyl (C=O) groups is 1. The van der Waals surface area contributed by atoms with Gasteiger partial charge in [-0.15, -0.1) is 11.3 Å². The van der Waals surface area contributed by atoms with Crippen LogP contribution >= 0.6 is 11.3 Å².